The van der Waals surface area contributed by atoms with Crippen LogP contribution in [0.3, 0.4) is 0 Å². The maximum atomic E-state index is 13.4. The normalized spacial score (nSPS) is 15.8. The second kappa shape index (κ2) is 8.50. The van der Waals surface area contributed by atoms with Gasteiger partial charge in [0.1, 0.15) is 11.9 Å². The van der Waals surface area contributed by atoms with Crippen molar-refractivity contribution in [2.75, 3.05) is 17.2 Å². The van der Waals surface area contributed by atoms with Crippen LogP contribution in [-0.2, 0) is 9.53 Å². The van der Waals surface area contributed by atoms with Gasteiger partial charge in [-0.3, -0.25) is 14.9 Å². The van der Waals surface area contributed by atoms with E-state index in [2.05, 4.69) is 15.6 Å². The van der Waals surface area contributed by atoms with E-state index in [1.54, 1.807) is 41.8 Å². The highest BCUT2D eigenvalue weighted by molar-refractivity contribution is 7.14. The summed E-state index contributed by atoms with van der Waals surface area (Å²) in [6.07, 6.45) is 1.12. The Hall–Kier alpha value is -3.10. The van der Waals surface area contributed by atoms with Gasteiger partial charge < -0.3 is 10.1 Å². The number of nitrogens with one attached hydrogen (secondary N) is 2. The van der Waals surface area contributed by atoms with Crippen LogP contribution in [0.15, 0.2) is 53.9 Å². The molecule has 0 saturated carbocycles. The molecule has 0 bridgehead atoms. The van der Waals surface area contributed by atoms with Gasteiger partial charge in [0.2, 0.25) is 0 Å². The van der Waals surface area contributed by atoms with Crippen molar-refractivity contribution >= 4 is 34.0 Å². The van der Waals surface area contributed by atoms with Crippen LogP contribution in [0.25, 0.3) is 11.3 Å². The fourth-order valence-electron chi connectivity index (χ4n) is 3.03. The fraction of sp³-hybridized carbons (Fsp3) is 0.190. The monoisotopic (exact) mass is 411 g/mol. The Bertz CT molecular complexity index is 1050. The van der Waals surface area contributed by atoms with Crippen molar-refractivity contribution in [3.05, 3.63) is 65.3 Å². The van der Waals surface area contributed by atoms with Gasteiger partial charge in [-0.15, -0.1) is 11.3 Å². The van der Waals surface area contributed by atoms with Gasteiger partial charge in [0.05, 0.1) is 5.69 Å². The Kier molecular flexibility index (Phi) is 5.64. The van der Waals surface area contributed by atoms with Gasteiger partial charge in [-0.1, -0.05) is 18.2 Å². The Balaban J connectivity index is 1.43. The van der Waals surface area contributed by atoms with E-state index in [-0.39, 0.29) is 17.6 Å². The Labute approximate surface area is 170 Å². The summed E-state index contributed by atoms with van der Waals surface area (Å²) < 4.78 is 18.8. The lowest BCUT2D eigenvalue weighted by Crippen LogP contribution is -2.27. The summed E-state index contributed by atoms with van der Waals surface area (Å²) in [5.74, 6) is -0.902. The average Bonchev–Trinajstić information content (AvgIpc) is 3.40. The molecule has 1 aliphatic rings. The van der Waals surface area contributed by atoms with E-state index in [4.69, 9.17) is 4.74 Å². The van der Waals surface area contributed by atoms with Crippen LogP contribution in [0, 0.1) is 5.82 Å². The number of carbonyl (C=O) groups excluding carboxylic acids is 2. The second-order valence-corrected chi connectivity index (χ2v) is 7.43. The number of rotatable bonds is 5. The molecule has 2 amide bonds. The van der Waals surface area contributed by atoms with Crippen molar-refractivity contribution in [3.63, 3.8) is 0 Å². The summed E-state index contributed by atoms with van der Waals surface area (Å²) in [6, 6.07) is 12.8. The van der Waals surface area contributed by atoms with Crippen molar-refractivity contribution in [1.82, 2.24) is 4.98 Å². The lowest BCUT2D eigenvalue weighted by molar-refractivity contribution is -0.124. The van der Waals surface area contributed by atoms with Crippen molar-refractivity contribution in [2.24, 2.45) is 0 Å². The zero-order valence-electron chi connectivity index (χ0n) is 15.4. The van der Waals surface area contributed by atoms with E-state index in [1.807, 2.05) is 0 Å². The van der Waals surface area contributed by atoms with Gasteiger partial charge >= 0.3 is 0 Å². The number of amides is 2. The van der Waals surface area contributed by atoms with E-state index in [0.717, 1.165) is 6.42 Å². The van der Waals surface area contributed by atoms with Crippen LogP contribution < -0.4 is 10.6 Å². The first-order chi connectivity index (χ1) is 14.1. The molecule has 2 N–H and O–H groups in total. The minimum absolute atomic E-state index is 0.209. The number of hydrogen-bond donors (Lipinski definition) is 2. The van der Waals surface area contributed by atoms with Gasteiger partial charge in [0.15, 0.2) is 5.13 Å². The molecule has 1 saturated heterocycles. The number of aromatic nitrogens is 1. The predicted octanol–water partition coefficient (Wildman–Crippen LogP) is 4.32. The molecule has 8 heteroatoms. The Morgan fingerprint density at radius 3 is 2.79 bits per heavy atom. The second-order valence-electron chi connectivity index (χ2n) is 6.57. The highest BCUT2D eigenvalue weighted by atomic mass is 32.1. The molecule has 1 aliphatic heterocycles. The van der Waals surface area contributed by atoms with Crippen LogP contribution in [0.1, 0.15) is 23.2 Å². The largest absolute Gasteiger partial charge is 0.368 e. The lowest BCUT2D eigenvalue weighted by Gasteiger charge is -2.11. The van der Waals surface area contributed by atoms with Crippen molar-refractivity contribution in [3.8, 4) is 11.3 Å². The summed E-state index contributed by atoms with van der Waals surface area (Å²) in [7, 11) is 0. The fourth-order valence-corrected chi connectivity index (χ4v) is 3.74. The number of thiazole rings is 1. The number of benzene rings is 2. The number of ether oxygens (including phenoxy) is 1. The zero-order chi connectivity index (χ0) is 20.2. The molecule has 0 aliphatic carbocycles. The van der Waals surface area contributed by atoms with Crippen molar-refractivity contribution < 1.29 is 18.7 Å². The SMILES string of the molecule is O=C(Nc1nc(-c2cccc(F)c2)cs1)c1cccc(NC(=O)C2CCCO2)c1. The summed E-state index contributed by atoms with van der Waals surface area (Å²) in [6.45, 7) is 0.589. The van der Waals surface area contributed by atoms with E-state index < -0.39 is 6.10 Å². The predicted molar refractivity (Wildman–Crippen MR) is 110 cm³/mol. The summed E-state index contributed by atoms with van der Waals surface area (Å²) in [5, 5.41) is 7.68. The van der Waals surface area contributed by atoms with Gasteiger partial charge in [0.25, 0.3) is 11.8 Å². The van der Waals surface area contributed by atoms with E-state index in [9.17, 15) is 14.0 Å². The minimum atomic E-state index is -0.441. The van der Waals surface area contributed by atoms with Crippen molar-refractivity contribution in [2.45, 2.75) is 18.9 Å². The molecule has 3 aromatic rings. The first-order valence-corrected chi connectivity index (χ1v) is 10.0. The third kappa shape index (κ3) is 4.67. The highest BCUT2D eigenvalue weighted by Crippen LogP contribution is 2.26. The third-order valence-corrected chi connectivity index (χ3v) is 5.22. The molecule has 2 heterocycles. The van der Waals surface area contributed by atoms with Gasteiger partial charge in [0, 0.05) is 28.8 Å². The number of hydrogen-bond acceptors (Lipinski definition) is 5. The average molecular weight is 411 g/mol. The summed E-state index contributed by atoms with van der Waals surface area (Å²) in [4.78, 5) is 29.1. The molecule has 1 unspecified atom stereocenters. The molecular formula is C21H18FN3O3S. The highest BCUT2D eigenvalue weighted by Gasteiger charge is 2.23. The smallest absolute Gasteiger partial charge is 0.257 e. The molecule has 4 rings (SSSR count). The van der Waals surface area contributed by atoms with Gasteiger partial charge in [-0.25, -0.2) is 9.37 Å². The number of anilines is 2. The summed E-state index contributed by atoms with van der Waals surface area (Å²) >= 11 is 1.25. The first kappa shape index (κ1) is 19.2. The molecule has 0 radical (unpaired) electrons. The number of carbonyl (C=O) groups is 2. The molecule has 0 spiro atoms. The number of nitrogens with zero attached hydrogens (tertiary/aromatic N) is 1. The van der Waals surface area contributed by atoms with Crippen LogP contribution in [0.5, 0.6) is 0 Å². The van der Waals surface area contributed by atoms with Crippen LogP contribution in [-0.4, -0.2) is 29.5 Å². The Morgan fingerprint density at radius 1 is 1.14 bits per heavy atom. The van der Waals surface area contributed by atoms with E-state index in [1.165, 1.54) is 23.5 Å². The molecule has 1 atom stereocenters. The maximum Gasteiger partial charge on any atom is 0.257 e. The quantitative estimate of drug-likeness (QED) is 0.655. The standard InChI is InChI=1S/C21H18FN3O3S/c22-15-6-1-4-13(10-15)17-12-29-21(24-17)25-19(26)14-5-2-7-16(11-14)23-20(27)18-8-3-9-28-18/h1-2,4-7,10-12,18H,3,8-9H2,(H,23,27)(H,24,25,26). The number of halogens is 1. The summed E-state index contributed by atoms with van der Waals surface area (Å²) in [5.41, 5.74) is 2.14. The van der Waals surface area contributed by atoms with E-state index >= 15 is 0 Å². The Morgan fingerprint density at radius 2 is 2.00 bits per heavy atom. The third-order valence-electron chi connectivity index (χ3n) is 4.46. The maximum absolute atomic E-state index is 13.4. The zero-order valence-corrected chi connectivity index (χ0v) is 16.2. The first-order valence-electron chi connectivity index (χ1n) is 9.14. The van der Waals surface area contributed by atoms with Gasteiger partial charge in [-0.05, 0) is 43.2 Å². The molecular weight excluding hydrogens is 393 g/mol. The van der Waals surface area contributed by atoms with Gasteiger partial charge in [-0.2, -0.15) is 0 Å². The lowest BCUT2D eigenvalue weighted by atomic mass is 10.1. The topological polar surface area (TPSA) is 80.3 Å². The molecule has 1 fully saturated rings. The van der Waals surface area contributed by atoms with E-state index in [0.29, 0.717) is 40.7 Å². The minimum Gasteiger partial charge on any atom is -0.368 e. The van der Waals surface area contributed by atoms with Crippen LogP contribution in [0.2, 0.25) is 0 Å². The van der Waals surface area contributed by atoms with Crippen LogP contribution >= 0.6 is 11.3 Å². The van der Waals surface area contributed by atoms with Crippen LogP contribution in [0.4, 0.5) is 15.2 Å². The molecule has 6 nitrogen and oxygen atoms in total. The molecule has 2 aromatic carbocycles. The molecule has 29 heavy (non-hydrogen) atoms. The van der Waals surface area contributed by atoms with Crippen molar-refractivity contribution in [1.29, 1.82) is 0 Å². The molecule has 1 aromatic heterocycles. The molecule has 148 valence electrons.